The highest BCUT2D eigenvalue weighted by Crippen LogP contribution is 2.25. The number of nitrogens with zero attached hydrogens (tertiary/aromatic N) is 2. The molecule has 0 unspecified atom stereocenters. The average Bonchev–Trinajstić information content (AvgIpc) is 3.42. The number of benzene rings is 2. The molecule has 8 heteroatoms. The zero-order valence-corrected chi connectivity index (χ0v) is 19.7. The number of hydrogen-bond donors (Lipinski definition) is 2. The van der Waals surface area contributed by atoms with Gasteiger partial charge in [-0.15, -0.1) is 0 Å². The van der Waals surface area contributed by atoms with Gasteiger partial charge in [0.15, 0.2) is 0 Å². The van der Waals surface area contributed by atoms with Crippen molar-refractivity contribution >= 4 is 17.5 Å². The molecule has 1 aliphatic heterocycles. The van der Waals surface area contributed by atoms with Crippen molar-refractivity contribution in [1.82, 2.24) is 15.5 Å². The molecule has 2 aromatic carbocycles. The summed E-state index contributed by atoms with van der Waals surface area (Å²) < 4.78 is 19.8. The number of anilines is 1. The van der Waals surface area contributed by atoms with Crippen molar-refractivity contribution in [1.29, 1.82) is 0 Å². The van der Waals surface area contributed by atoms with E-state index in [1.807, 2.05) is 47.4 Å². The van der Waals surface area contributed by atoms with Gasteiger partial charge in [0.2, 0.25) is 0 Å². The van der Waals surface area contributed by atoms with Crippen LogP contribution in [0.25, 0.3) is 0 Å². The summed E-state index contributed by atoms with van der Waals surface area (Å²) in [5.74, 6) is -0.814. The second-order valence-corrected chi connectivity index (χ2v) is 8.56. The number of carbonyl (C=O) groups excluding carboxylic acids is 2. The molecule has 1 fully saturated rings. The first kappa shape index (κ1) is 24.5. The van der Waals surface area contributed by atoms with E-state index < -0.39 is 11.8 Å². The molecule has 184 valence electrons. The summed E-state index contributed by atoms with van der Waals surface area (Å²) in [6.45, 7) is 3.30. The molecule has 2 amide bonds. The molecule has 1 aliphatic rings. The van der Waals surface area contributed by atoms with Gasteiger partial charge in [-0.25, -0.2) is 4.39 Å². The van der Waals surface area contributed by atoms with Gasteiger partial charge in [-0.2, -0.15) is 0 Å². The van der Waals surface area contributed by atoms with Crippen LogP contribution >= 0.6 is 0 Å². The number of piperazine rings is 1. The lowest BCUT2D eigenvalue weighted by atomic mass is 10.1. The van der Waals surface area contributed by atoms with E-state index >= 15 is 0 Å². The summed E-state index contributed by atoms with van der Waals surface area (Å²) in [7, 11) is 0. The number of amides is 2. The van der Waals surface area contributed by atoms with Crippen LogP contribution in [0, 0.1) is 5.82 Å². The quantitative estimate of drug-likeness (QED) is 0.365. The summed E-state index contributed by atoms with van der Waals surface area (Å²) in [5, 5.41) is 5.44. The van der Waals surface area contributed by atoms with Gasteiger partial charge < -0.3 is 20.0 Å². The summed E-state index contributed by atoms with van der Waals surface area (Å²) in [5.41, 5.74) is 1.79. The smallest absolute Gasteiger partial charge is 0.309 e. The monoisotopic (exact) mass is 478 g/mol. The summed E-state index contributed by atoms with van der Waals surface area (Å²) in [6, 6.07) is 20.2. The van der Waals surface area contributed by atoms with Crippen molar-refractivity contribution in [2.75, 3.05) is 44.2 Å². The van der Waals surface area contributed by atoms with Crippen LogP contribution in [0.15, 0.2) is 77.4 Å². The Morgan fingerprint density at radius 3 is 2.31 bits per heavy atom. The summed E-state index contributed by atoms with van der Waals surface area (Å²) in [6.07, 6.45) is 3.19. The summed E-state index contributed by atoms with van der Waals surface area (Å²) in [4.78, 5) is 28.9. The van der Waals surface area contributed by atoms with E-state index in [2.05, 4.69) is 15.5 Å². The maximum atomic E-state index is 14.2. The molecule has 0 aliphatic carbocycles. The van der Waals surface area contributed by atoms with Crippen LogP contribution in [-0.2, 0) is 16.0 Å². The van der Waals surface area contributed by atoms with Crippen LogP contribution in [0.2, 0.25) is 0 Å². The fourth-order valence-electron chi connectivity index (χ4n) is 4.36. The molecule has 0 radical (unpaired) electrons. The van der Waals surface area contributed by atoms with Crippen molar-refractivity contribution in [2.45, 2.75) is 18.9 Å². The molecule has 35 heavy (non-hydrogen) atoms. The first-order valence-corrected chi connectivity index (χ1v) is 12.0. The standard InChI is InChI=1S/C27H31FN4O3/c28-22-11-4-5-12-23(22)31-15-17-32(18-16-31)24(25-13-7-19-35-25)20-30-27(34)26(33)29-14-6-10-21-8-2-1-3-9-21/h1-5,7-9,11-13,19,24H,6,10,14-18,20H2,(H,29,33)(H,30,34)/t24-/m1/s1. The van der Waals surface area contributed by atoms with Gasteiger partial charge in [-0.3, -0.25) is 14.5 Å². The van der Waals surface area contributed by atoms with E-state index in [1.165, 1.54) is 11.6 Å². The van der Waals surface area contributed by atoms with Crippen molar-refractivity contribution in [3.05, 3.63) is 90.1 Å². The lowest BCUT2D eigenvalue weighted by Gasteiger charge is -2.39. The van der Waals surface area contributed by atoms with E-state index in [1.54, 1.807) is 24.5 Å². The second kappa shape index (κ2) is 12.2. The van der Waals surface area contributed by atoms with E-state index in [4.69, 9.17) is 4.42 Å². The Morgan fingerprint density at radius 1 is 0.886 bits per heavy atom. The minimum Gasteiger partial charge on any atom is -0.468 e. The predicted octanol–water partition coefficient (Wildman–Crippen LogP) is 3.15. The van der Waals surface area contributed by atoms with E-state index in [9.17, 15) is 14.0 Å². The zero-order chi connectivity index (χ0) is 24.5. The molecule has 1 aromatic heterocycles. The Kier molecular flexibility index (Phi) is 8.51. The Balaban J connectivity index is 1.26. The van der Waals surface area contributed by atoms with Crippen molar-refractivity contribution < 1.29 is 18.4 Å². The van der Waals surface area contributed by atoms with E-state index in [0.717, 1.165) is 12.8 Å². The Labute approximate surface area is 204 Å². The number of nitrogens with one attached hydrogen (secondary N) is 2. The van der Waals surface area contributed by atoms with Gasteiger partial charge in [0.1, 0.15) is 11.6 Å². The van der Waals surface area contributed by atoms with Gasteiger partial charge in [-0.1, -0.05) is 42.5 Å². The molecule has 2 heterocycles. The van der Waals surface area contributed by atoms with E-state index in [0.29, 0.717) is 44.2 Å². The van der Waals surface area contributed by atoms with Gasteiger partial charge >= 0.3 is 11.8 Å². The minimum absolute atomic E-state index is 0.220. The van der Waals surface area contributed by atoms with Crippen LogP contribution in [0.3, 0.4) is 0 Å². The van der Waals surface area contributed by atoms with Crippen molar-refractivity contribution in [3.63, 3.8) is 0 Å². The molecular formula is C27H31FN4O3. The Hall–Kier alpha value is -3.65. The fraction of sp³-hybridized carbons (Fsp3) is 0.333. The third-order valence-electron chi connectivity index (χ3n) is 6.25. The molecule has 0 spiro atoms. The predicted molar refractivity (Wildman–Crippen MR) is 132 cm³/mol. The fourth-order valence-corrected chi connectivity index (χ4v) is 4.36. The van der Waals surface area contributed by atoms with Crippen molar-refractivity contribution in [2.24, 2.45) is 0 Å². The maximum Gasteiger partial charge on any atom is 0.309 e. The number of aryl methyl sites for hydroxylation is 1. The number of furan rings is 1. The number of carbonyl (C=O) groups is 2. The molecule has 2 N–H and O–H groups in total. The largest absolute Gasteiger partial charge is 0.468 e. The molecule has 0 bridgehead atoms. The topological polar surface area (TPSA) is 77.8 Å². The van der Waals surface area contributed by atoms with Crippen LogP contribution in [0.5, 0.6) is 0 Å². The van der Waals surface area contributed by atoms with Crippen LogP contribution in [-0.4, -0.2) is 56.0 Å². The normalized spacial score (nSPS) is 14.9. The van der Waals surface area contributed by atoms with Crippen LogP contribution in [0.4, 0.5) is 10.1 Å². The highest BCUT2D eigenvalue weighted by molar-refractivity contribution is 6.35. The lowest BCUT2D eigenvalue weighted by Crippen LogP contribution is -2.51. The average molecular weight is 479 g/mol. The molecule has 3 aromatic rings. The number of para-hydroxylation sites is 1. The Morgan fingerprint density at radius 2 is 1.60 bits per heavy atom. The van der Waals surface area contributed by atoms with Crippen molar-refractivity contribution in [3.8, 4) is 0 Å². The molecular weight excluding hydrogens is 447 g/mol. The van der Waals surface area contributed by atoms with Gasteiger partial charge in [-0.05, 0) is 42.7 Å². The molecule has 1 atom stereocenters. The summed E-state index contributed by atoms with van der Waals surface area (Å²) >= 11 is 0. The molecule has 4 rings (SSSR count). The first-order valence-electron chi connectivity index (χ1n) is 12.0. The van der Waals surface area contributed by atoms with Gasteiger partial charge in [0.05, 0.1) is 18.0 Å². The van der Waals surface area contributed by atoms with Gasteiger partial charge in [0, 0.05) is 39.3 Å². The lowest BCUT2D eigenvalue weighted by molar-refractivity contribution is -0.139. The molecule has 1 saturated heterocycles. The minimum atomic E-state index is -0.661. The van der Waals surface area contributed by atoms with Gasteiger partial charge in [0.25, 0.3) is 0 Å². The SMILES string of the molecule is O=C(NCCCc1ccccc1)C(=O)NC[C@H](c1ccco1)N1CCN(c2ccccc2F)CC1. The molecule has 7 nitrogen and oxygen atoms in total. The highest BCUT2D eigenvalue weighted by Gasteiger charge is 2.28. The zero-order valence-electron chi connectivity index (χ0n) is 19.7. The number of hydrogen-bond acceptors (Lipinski definition) is 5. The maximum absolute atomic E-state index is 14.2. The third-order valence-corrected chi connectivity index (χ3v) is 6.25. The number of rotatable bonds is 9. The van der Waals surface area contributed by atoms with E-state index in [-0.39, 0.29) is 18.4 Å². The number of halogens is 1. The molecule has 0 saturated carbocycles. The third kappa shape index (κ3) is 6.70. The van der Waals surface area contributed by atoms with Crippen LogP contribution in [0.1, 0.15) is 23.8 Å². The van der Waals surface area contributed by atoms with Crippen LogP contribution < -0.4 is 15.5 Å². The first-order chi connectivity index (χ1) is 17.1. The second-order valence-electron chi connectivity index (χ2n) is 8.56. The Bertz CT molecular complexity index is 1080. The highest BCUT2D eigenvalue weighted by atomic mass is 19.1.